The highest BCUT2D eigenvalue weighted by Crippen LogP contribution is 2.29. The van der Waals surface area contributed by atoms with Crippen LogP contribution in [0, 0.1) is 0 Å². The van der Waals surface area contributed by atoms with Gasteiger partial charge in [-0.15, -0.1) is 0 Å². The molecule has 0 unspecified atom stereocenters. The van der Waals surface area contributed by atoms with Gasteiger partial charge in [0.25, 0.3) is 0 Å². The quantitative estimate of drug-likeness (QED) is 0.189. The summed E-state index contributed by atoms with van der Waals surface area (Å²) in [6.07, 6.45) is 1.62. The average Bonchev–Trinajstić information content (AvgIpc) is 3.00. The van der Waals surface area contributed by atoms with Crippen molar-refractivity contribution in [1.82, 2.24) is 15.0 Å². The minimum absolute atomic E-state index is 0.332. The molecular formula is C27H31N7O5. The molecule has 0 bridgehead atoms. The molecule has 0 spiro atoms. The van der Waals surface area contributed by atoms with Gasteiger partial charge in [-0.05, 0) is 42.8 Å². The zero-order chi connectivity index (χ0) is 26.9. The lowest BCUT2D eigenvalue weighted by molar-refractivity contribution is 0.0728. The second-order valence-corrected chi connectivity index (χ2v) is 8.72. The number of benzene rings is 2. The Morgan fingerprint density at radius 1 is 0.923 bits per heavy atom. The summed E-state index contributed by atoms with van der Waals surface area (Å²) in [7, 11) is 0. The Morgan fingerprint density at radius 2 is 1.56 bits per heavy atom. The summed E-state index contributed by atoms with van der Waals surface area (Å²) in [6, 6.07) is 14.0. The molecule has 2 saturated heterocycles. The van der Waals surface area contributed by atoms with Crippen LogP contribution in [-0.2, 0) is 9.47 Å². The maximum Gasteiger partial charge on any atom is 0.343 e. The summed E-state index contributed by atoms with van der Waals surface area (Å²) in [6.45, 7) is 7.59. The van der Waals surface area contributed by atoms with Crippen LogP contribution in [0.25, 0.3) is 0 Å². The number of hydrazone groups is 1. The first-order chi connectivity index (χ1) is 19.2. The fourth-order valence-corrected chi connectivity index (χ4v) is 4.07. The lowest BCUT2D eigenvalue weighted by Gasteiger charge is -2.30. The van der Waals surface area contributed by atoms with Crippen LogP contribution in [0.1, 0.15) is 22.8 Å². The van der Waals surface area contributed by atoms with Gasteiger partial charge >= 0.3 is 5.97 Å². The molecule has 12 nitrogen and oxygen atoms in total. The van der Waals surface area contributed by atoms with Crippen LogP contribution in [0.2, 0.25) is 0 Å². The van der Waals surface area contributed by atoms with Gasteiger partial charge in [0.15, 0.2) is 11.5 Å². The van der Waals surface area contributed by atoms with Gasteiger partial charge in [-0.2, -0.15) is 20.1 Å². The maximum atomic E-state index is 12.5. The minimum atomic E-state index is -0.457. The molecule has 3 heterocycles. The highest BCUT2D eigenvalue weighted by Gasteiger charge is 2.20. The first-order valence-electron chi connectivity index (χ1n) is 12.9. The molecule has 5 rings (SSSR count). The molecule has 0 atom stereocenters. The average molecular weight is 534 g/mol. The fraction of sp³-hybridized carbons (Fsp3) is 0.370. The van der Waals surface area contributed by atoms with Crippen LogP contribution in [0.4, 0.5) is 17.8 Å². The number of ether oxygens (including phenoxy) is 4. The Balaban J connectivity index is 1.32. The minimum Gasteiger partial charge on any atom is -0.490 e. The zero-order valence-corrected chi connectivity index (χ0v) is 21.8. The van der Waals surface area contributed by atoms with Crippen molar-refractivity contribution in [2.24, 2.45) is 5.10 Å². The number of nitrogens with zero attached hydrogens (tertiary/aromatic N) is 6. The van der Waals surface area contributed by atoms with E-state index in [9.17, 15) is 4.79 Å². The van der Waals surface area contributed by atoms with Crippen LogP contribution in [0.5, 0.6) is 11.5 Å². The second-order valence-electron chi connectivity index (χ2n) is 8.72. The van der Waals surface area contributed by atoms with Crippen LogP contribution < -0.4 is 24.7 Å². The molecule has 0 radical (unpaired) electrons. The SMILES string of the molecule is CCOc1cc(C=NNc2nc(N3CCOCC3)nc(N3CCOCC3)n2)ccc1OC(=O)c1ccccc1. The van der Waals surface area contributed by atoms with Gasteiger partial charge in [-0.25, -0.2) is 10.2 Å². The smallest absolute Gasteiger partial charge is 0.343 e. The third-order valence-corrected chi connectivity index (χ3v) is 6.06. The molecule has 0 aliphatic carbocycles. The molecule has 39 heavy (non-hydrogen) atoms. The van der Waals surface area contributed by atoms with Crippen molar-refractivity contribution in [2.45, 2.75) is 6.92 Å². The molecule has 2 aromatic carbocycles. The van der Waals surface area contributed by atoms with E-state index in [1.54, 1.807) is 48.7 Å². The Morgan fingerprint density at radius 3 is 2.18 bits per heavy atom. The summed E-state index contributed by atoms with van der Waals surface area (Å²) >= 11 is 0. The van der Waals surface area contributed by atoms with Gasteiger partial charge in [0.2, 0.25) is 17.8 Å². The molecule has 2 aliphatic rings. The summed E-state index contributed by atoms with van der Waals surface area (Å²) in [5, 5.41) is 4.35. The molecule has 0 saturated carbocycles. The molecule has 1 aromatic heterocycles. The lowest BCUT2D eigenvalue weighted by atomic mass is 10.2. The van der Waals surface area contributed by atoms with E-state index in [-0.39, 0.29) is 0 Å². The molecule has 0 amide bonds. The van der Waals surface area contributed by atoms with Crippen molar-refractivity contribution in [3.8, 4) is 11.5 Å². The Kier molecular flexibility index (Phi) is 8.76. The summed E-state index contributed by atoms with van der Waals surface area (Å²) in [5.74, 6) is 1.81. The zero-order valence-electron chi connectivity index (χ0n) is 21.8. The van der Waals surface area contributed by atoms with E-state index in [1.807, 2.05) is 13.0 Å². The number of carbonyl (C=O) groups excluding carboxylic acids is 1. The number of rotatable bonds is 9. The highest BCUT2D eigenvalue weighted by molar-refractivity contribution is 5.91. The van der Waals surface area contributed by atoms with Gasteiger partial charge in [0.05, 0.1) is 44.8 Å². The van der Waals surface area contributed by atoms with Crippen molar-refractivity contribution in [3.63, 3.8) is 0 Å². The van der Waals surface area contributed by atoms with Crippen molar-refractivity contribution in [1.29, 1.82) is 0 Å². The third-order valence-electron chi connectivity index (χ3n) is 6.06. The monoisotopic (exact) mass is 533 g/mol. The summed E-state index contributed by atoms with van der Waals surface area (Å²) < 4.78 is 22.2. The van der Waals surface area contributed by atoms with Crippen molar-refractivity contribution < 1.29 is 23.7 Å². The molecule has 2 fully saturated rings. The third kappa shape index (κ3) is 6.98. The predicted octanol–water partition coefficient (Wildman–Crippen LogP) is 2.61. The number of hydrogen-bond donors (Lipinski definition) is 1. The van der Waals surface area contributed by atoms with Crippen LogP contribution in [-0.4, -0.2) is 86.3 Å². The number of carbonyl (C=O) groups is 1. The normalized spacial score (nSPS) is 15.8. The second kappa shape index (κ2) is 13.0. The molecule has 2 aliphatic heterocycles. The fourth-order valence-electron chi connectivity index (χ4n) is 4.07. The number of hydrogen-bond acceptors (Lipinski definition) is 12. The molecule has 204 valence electrons. The van der Waals surface area contributed by atoms with Gasteiger partial charge in [0.1, 0.15) is 0 Å². The standard InChI is InChI=1S/C27H31N7O5/c1-2-38-23-18-20(8-9-22(23)39-24(35)21-6-4-3-5-7-21)19-28-32-25-29-26(33-10-14-36-15-11-33)31-27(30-25)34-12-16-37-17-13-34/h3-9,18-19H,2,10-17H2,1H3,(H,29,30,31,32). The van der Waals surface area contributed by atoms with E-state index < -0.39 is 5.97 Å². The van der Waals surface area contributed by atoms with E-state index in [0.717, 1.165) is 5.56 Å². The van der Waals surface area contributed by atoms with Crippen LogP contribution >= 0.6 is 0 Å². The Labute approximate surface area is 226 Å². The van der Waals surface area contributed by atoms with Gasteiger partial charge in [0, 0.05) is 26.2 Å². The number of esters is 1. The van der Waals surface area contributed by atoms with Crippen molar-refractivity contribution in [2.75, 3.05) is 74.4 Å². The van der Waals surface area contributed by atoms with Crippen molar-refractivity contribution >= 4 is 30.0 Å². The number of anilines is 3. The van der Waals surface area contributed by atoms with E-state index in [1.165, 1.54) is 0 Å². The van der Waals surface area contributed by atoms with Crippen molar-refractivity contribution in [3.05, 3.63) is 59.7 Å². The molecule has 12 heteroatoms. The first-order valence-corrected chi connectivity index (χ1v) is 12.9. The maximum absolute atomic E-state index is 12.5. The van der Waals surface area contributed by atoms with E-state index in [0.29, 0.717) is 94.1 Å². The summed E-state index contributed by atoms with van der Waals surface area (Å²) in [4.78, 5) is 30.5. The molecular weight excluding hydrogens is 502 g/mol. The number of aromatic nitrogens is 3. The largest absolute Gasteiger partial charge is 0.490 e. The van der Waals surface area contributed by atoms with Gasteiger partial charge in [-0.1, -0.05) is 18.2 Å². The van der Waals surface area contributed by atoms with Gasteiger partial charge < -0.3 is 28.7 Å². The van der Waals surface area contributed by atoms with Gasteiger partial charge in [-0.3, -0.25) is 0 Å². The lowest BCUT2D eigenvalue weighted by Crippen LogP contribution is -2.40. The number of nitrogens with one attached hydrogen (secondary N) is 1. The Hall–Kier alpha value is -4.29. The van der Waals surface area contributed by atoms with E-state index in [2.05, 4.69) is 30.3 Å². The van der Waals surface area contributed by atoms with Crippen LogP contribution in [0.3, 0.4) is 0 Å². The van der Waals surface area contributed by atoms with E-state index in [4.69, 9.17) is 23.9 Å². The molecule has 3 aromatic rings. The number of morpholine rings is 2. The highest BCUT2D eigenvalue weighted by atomic mass is 16.6. The van der Waals surface area contributed by atoms with Crippen LogP contribution in [0.15, 0.2) is 53.6 Å². The Bertz CT molecular complexity index is 1240. The predicted molar refractivity (Wildman–Crippen MR) is 146 cm³/mol. The first kappa shape index (κ1) is 26.3. The topological polar surface area (TPSA) is 124 Å². The summed E-state index contributed by atoms with van der Waals surface area (Å²) in [5.41, 5.74) is 4.13. The molecule has 1 N–H and O–H groups in total. The van der Waals surface area contributed by atoms with E-state index >= 15 is 0 Å².